The molecule has 2 N–H and O–H groups in total. The second kappa shape index (κ2) is 15.7. The minimum atomic E-state index is -1.39. The number of hydrogen-bond donors (Lipinski definition) is 2. The standard InChI is InChI=1S/C35H41BrClF2N5O5Si/c1-20-7-6-8-27(43-14-13-21(17-28(43)45)29-25(38)12-11-24(37)30(29)39)33-42-31(32(36)44(33)19-49-15-16-50(3,4)5)23-10-9-22(40-35(47)48-2)18-26(23)41-34(20)46/h9-12,17-18,20,27H,6-8,13-16,19H2,1-5H3,(H,40,47)(H,41,46)/t20-,27+/m1/s1. The fourth-order valence-corrected chi connectivity index (χ4v) is 7.55. The van der Waals surface area contributed by atoms with Crippen LogP contribution < -0.4 is 10.6 Å². The Hall–Kier alpha value is -3.59. The van der Waals surface area contributed by atoms with Gasteiger partial charge in [-0.2, -0.15) is 0 Å². The van der Waals surface area contributed by atoms with Crippen molar-refractivity contribution in [1.29, 1.82) is 0 Å². The lowest BCUT2D eigenvalue weighted by atomic mass is 9.95. The van der Waals surface area contributed by atoms with Gasteiger partial charge in [0.25, 0.3) is 0 Å². The van der Waals surface area contributed by atoms with Gasteiger partial charge in [0.1, 0.15) is 28.7 Å². The SMILES string of the molecule is COC(=O)Nc1ccc2c(c1)NC(=O)[C@H](C)CCC[C@H](N1CCC(c3c(F)ccc(Cl)c3F)=CC1=O)c1nc-2c(Br)n1COCC[Si](C)(C)C. The Kier molecular flexibility index (Phi) is 11.9. The number of imidazole rings is 1. The summed E-state index contributed by atoms with van der Waals surface area (Å²) in [4.78, 5) is 46.1. The first-order valence-electron chi connectivity index (χ1n) is 16.5. The van der Waals surface area contributed by atoms with Crippen molar-refractivity contribution in [3.05, 3.63) is 69.1 Å². The molecule has 268 valence electrons. The Balaban J connectivity index is 1.61. The van der Waals surface area contributed by atoms with Crippen LogP contribution >= 0.6 is 27.5 Å². The average Bonchev–Trinajstić information content (AvgIpc) is 3.37. The van der Waals surface area contributed by atoms with E-state index in [4.69, 9.17) is 26.1 Å². The molecule has 2 aliphatic rings. The van der Waals surface area contributed by atoms with Crippen LogP contribution in [0.3, 0.4) is 0 Å². The summed E-state index contributed by atoms with van der Waals surface area (Å²) in [6, 6.07) is 7.70. The van der Waals surface area contributed by atoms with Gasteiger partial charge in [0, 0.05) is 44.5 Å². The van der Waals surface area contributed by atoms with E-state index >= 15 is 0 Å². The number of methoxy groups -OCH3 is 1. The number of rotatable bonds is 8. The van der Waals surface area contributed by atoms with Crippen molar-refractivity contribution in [3.8, 4) is 11.3 Å². The molecule has 15 heteroatoms. The largest absolute Gasteiger partial charge is 0.453 e. The monoisotopic (exact) mass is 791 g/mol. The van der Waals surface area contributed by atoms with E-state index in [9.17, 15) is 23.2 Å². The van der Waals surface area contributed by atoms with Crippen LogP contribution in [0.15, 0.2) is 41.0 Å². The number of fused-ring (bicyclic) bond motifs is 4. The molecule has 3 aromatic rings. The van der Waals surface area contributed by atoms with E-state index < -0.39 is 37.8 Å². The van der Waals surface area contributed by atoms with Crippen LogP contribution in [0, 0.1) is 17.6 Å². The zero-order valence-electron chi connectivity index (χ0n) is 28.7. The third-order valence-corrected chi connectivity index (χ3v) is 11.7. The highest BCUT2D eigenvalue weighted by Gasteiger charge is 2.35. The van der Waals surface area contributed by atoms with Crippen LogP contribution in [-0.2, 0) is 25.8 Å². The van der Waals surface area contributed by atoms with Crippen LogP contribution in [0.1, 0.15) is 50.0 Å². The molecule has 2 aromatic carbocycles. The highest BCUT2D eigenvalue weighted by atomic mass is 79.9. The summed E-state index contributed by atoms with van der Waals surface area (Å²) in [5, 5.41) is 5.43. The number of benzene rings is 2. The van der Waals surface area contributed by atoms with Crippen molar-refractivity contribution in [2.24, 2.45) is 5.92 Å². The van der Waals surface area contributed by atoms with Crippen LogP contribution in [0.25, 0.3) is 16.8 Å². The molecule has 0 fully saturated rings. The van der Waals surface area contributed by atoms with Crippen LogP contribution in [0.5, 0.6) is 0 Å². The summed E-state index contributed by atoms with van der Waals surface area (Å²) in [6.45, 7) is 9.50. The first-order chi connectivity index (χ1) is 23.7. The predicted molar refractivity (Wildman–Crippen MR) is 196 cm³/mol. The maximum absolute atomic E-state index is 15.0. The molecule has 5 rings (SSSR count). The molecule has 3 amide bonds. The number of ether oxygens (including phenoxy) is 2. The second-order valence-electron chi connectivity index (χ2n) is 13.8. The van der Waals surface area contributed by atoms with E-state index in [-0.39, 0.29) is 47.7 Å². The van der Waals surface area contributed by atoms with Crippen LogP contribution in [-0.4, -0.2) is 60.7 Å². The molecule has 2 aliphatic heterocycles. The summed E-state index contributed by atoms with van der Waals surface area (Å²) < 4.78 is 43.2. The van der Waals surface area contributed by atoms with E-state index in [1.165, 1.54) is 13.2 Å². The van der Waals surface area contributed by atoms with Gasteiger partial charge in [0.2, 0.25) is 11.8 Å². The summed E-state index contributed by atoms with van der Waals surface area (Å²) in [5.41, 5.74) is 1.84. The molecular weight excluding hydrogens is 752 g/mol. The molecule has 1 aromatic heterocycles. The van der Waals surface area contributed by atoms with Gasteiger partial charge in [0.05, 0.1) is 29.4 Å². The van der Waals surface area contributed by atoms with Gasteiger partial charge in [-0.25, -0.2) is 18.6 Å². The van der Waals surface area contributed by atoms with Crippen molar-refractivity contribution >= 4 is 70.5 Å². The highest BCUT2D eigenvalue weighted by Crippen LogP contribution is 2.41. The highest BCUT2D eigenvalue weighted by molar-refractivity contribution is 9.10. The Morgan fingerprint density at radius 2 is 1.94 bits per heavy atom. The third kappa shape index (κ3) is 8.47. The lowest BCUT2D eigenvalue weighted by Gasteiger charge is -2.34. The van der Waals surface area contributed by atoms with Gasteiger partial charge < -0.3 is 19.7 Å². The second-order valence-corrected chi connectivity index (χ2v) is 20.5. The van der Waals surface area contributed by atoms with Crippen molar-refractivity contribution in [2.45, 2.75) is 71.1 Å². The van der Waals surface area contributed by atoms with Crippen molar-refractivity contribution < 1.29 is 32.6 Å². The van der Waals surface area contributed by atoms with Crippen molar-refractivity contribution in [3.63, 3.8) is 0 Å². The van der Waals surface area contributed by atoms with E-state index in [1.54, 1.807) is 23.1 Å². The molecule has 0 aliphatic carbocycles. The number of carbonyl (C=O) groups excluding carboxylic acids is 3. The number of amides is 3. The summed E-state index contributed by atoms with van der Waals surface area (Å²) >= 11 is 9.73. The quantitative estimate of drug-likeness (QED) is 0.134. The molecule has 2 atom stereocenters. The van der Waals surface area contributed by atoms with Gasteiger partial charge >= 0.3 is 6.09 Å². The molecule has 0 spiro atoms. The van der Waals surface area contributed by atoms with Crippen LogP contribution in [0.4, 0.5) is 25.0 Å². The fourth-order valence-electron chi connectivity index (χ4n) is 6.04. The van der Waals surface area contributed by atoms with Gasteiger partial charge in [-0.3, -0.25) is 19.5 Å². The lowest BCUT2D eigenvalue weighted by Crippen LogP contribution is -2.39. The molecule has 0 radical (unpaired) electrons. The minimum Gasteiger partial charge on any atom is -0.453 e. The molecule has 0 saturated heterocycles. The minimum absolute atomic E-state index is 0.145. The predicted octanol–water partition coefficient (Wildman–Crippen LogP) is 8.85. The first kappa shape index (κ1) is 37.7. The first-order valence-corrected chi connectivity index (χ1v) is 21.3. The molecule has 50 heavy (non-hydrogen) atoms. The summed E-state index contributed by atoms with van der Waals surface area (Å²) in [6.07, 6.45) is 2.36. The lowest BCUT2D eigenvalue weighted by molar-refractivity contribution is -0.129. The zero-order valence-corrected chi connectivity index (χ0v) is 32.0. The van der Waals surface area contributed by atoms with Gasteiger partial charge in [-0.05, 0) is 77.1 Å². The molecule has 0 saturated carbocycles. The van der Waals surface area contributed by atoms with E-state index in [2.05, 4.69) is 46.2 Å². The maximum atomic E-state index is 15.0. The number of anilines is 2. The summed E-state index contributed by atoms with van der Waals surface area (Å²) in [5.74, 6) is -2.14. The molecule has 3 heterocycles. The van der Waals surface area contributed by atoms with Gasteiger partial charge in [-0.1, -0.05) is 44.6 Å². The number of nitrogens with one attached hydrogen (secondary N) is 2. The number of aromatic nitrogens is 2. The molecule has 0 unspecified atom stereocenters. The number of nitrogens with zero attached hydrogens (tertiary/aromatic N) is 3. The smallest absolute Gasteiger partial charge is 0.411 e. The third-order valence-electron chi connectivity index (χ3n) is 8.92. The van der Waals surface area contributed by atoms with Gasteiger partial charge in [0.15, 0.2) is 5.82 Å². The van der Waals surface area contributed by atoms with E-state index in [1.807, 2.05) is 11.5 Å². The van der Waals surface area contributed by atoms with Gasteiger partial charge in [-0.15, -0.1) is 0 Å². The molecule has 10 nitrogen and oxygen atoms in total. The van der Waals surface area contributed by atoms with Crippen molar-refractivity contribution in [1.82, 2.24) is 14.5 Å². The number of halogens is 4. The Bertz CT molecular complexity index is 1830. The van der Waals surface area contributed by atoms with Crippen molar-refractivity contribution in [2.75, 3.05) is 30.9 Å². The molecule has 2 bridgehead atoms. The van der Waals surface area contributed by atoms with E-state index in [0.29, 0.717) is 58.9 Å². The maximum Gasteiger partial charge on any atom is 0.411 e. The Morgan fingerprint density at radius 3 is 2.64 bits per heavy atom. The van der Waals surface area contributed by atoms with Crippen LogP contribution in [0.2, 0.25) is 30.7 Å². The number of carbonyl (C=O) groups is 3. The zero-order chi connectivity index (χ0) is 36.3. The topological polar surface area (TPSA) is 115 Å². The number of hydrogen-bond acceptors (Lipinski definition) is 6. The average molecular weight is 793 g/mol. The Morgan fingerprint density at radius 1 is 1.18 bits per heavy atom. The summed E-state index contributed by atoms with van der Waals surface area (Å²) in [7, 11) is -0.131. The molecular formula is C35H41BrClF2N5O5Si. The van der Waals surface area contributed by atoms with E-state index in [0.717, 1.165) is 18.2 Å². The fraction of sp³-hybridized carbons (Fsp3) is 0.429. The Labute approximate surface area is 304 Å². The normalized spacial score (nSPS) is 18.4.